The molecule has 1 atom stereocenters. The molecule has 0 bridgehead atoms. The molecule has 1 unspecified atom stereocenters. The molecule has 0 aromatic carbocycles. The van der Waals surface area contributed by atoms with Gasteiger partial charge in [-0.3, -0.25) is 48.3 Å². The maximum absolute atomic E-state index is 12.3. The van der Waals surface area contributed by atoms with E-state index in [1.807, 2.05) is 4.72 Å². The summed E-state index contributed by atoms with van der Waals surface area (Å²) in [7, 11) is -3.84. The third kappa shape index (κ3) is 15.1. The van der Waals surface area contributed by atoms with Crippen LogP contribution in [0.1, 0.15) is 32.6 Å². The van der Waals surface area contributed by atoms with Gasteiger partial charge < -0.3 is 20.4 Å². The summed E-state index contributed by atoms with van der Waals surface area (Å²) < 4.78 is 26.0. The molecule has 0 aliphatic carbocycles. The van der Waals surface area contributed by atoms with Crippen LogP contribution in [0, 0.1) is 0 Å². The number of unbranched alkanes of at least 4 members (excludes halogenated alkanes) is 1. The van der Waals surface area contributed by atoms with Crippen molar-refractivity contribution >= 4 is 39.8 Å². The van der Waals surface area contributed by atoms with Gasteiger partial charge in [-0.25, -0.2) is 8.42 Å². The Morgan fingerprint density at radius 2 is 1.12 bits per heavy atom. The second-order valence-electron chi connectivity index (χ2n) is 9.64. The van der Waals surface area contributed by atoms with Crippen molar-refractivity contribution in [1.82, 2.24) is 24.3 Å². The van der Waals surface area contributed by atoms with Gasteiger partial charge in [0, 0.05) is 58.8 Å². The molecule has 0 spiro atoms. The highest BCUT2D eigenvalue weighted by atomic mass is 32.2. The molecule has 230 valence electrons. The molecule has 1 saturated heterocycles. The molecule has 1 heterocycles. The molecule has 5 N–H and O–H groups in total. The van der Waals surface area contributed by atoms with E-state index in [9.17, 15) is 52.8 Å². The number of hydrogen-bond donors (Lipinski definition) is 5. The summed E-state index contributed by atoms with van der Waals surface area (Å²) in [4.78, 5) is 64.8. The Kier molecular flexibility index (Phi) is 15.6. The van der Waals surface area contributed by atoms with Crippen LogP contribution >= 0.6 is 0 Å². The molecule has 0 radical (unpaired) electrons. The zero-order chi connectivity index (χ0) is 30.3. The molecule has 17 heteroatoms. The lowest BCUT2D eigenvalue weighted by Crippen LogP contribution is -2.52. The van der Waals surface area contributed by atoms with Crippen LogP contribution in [-0.4, -0.2) is 162 Å². The van der Waals surface area contributed by atoms with Gasteiger partial charge >= 0.3 is 23.9 Å². The van der Waals surface area contributed by atoms with Gasteiger partial charge in [0.2, 0.25) is 15.9 Å². The van der Waals surface area contributed by atoms with Crippen LogP contribution in [0.4, 0.5) is 0 Å². The number of carbonyl (C=O) groups excluding carboxylic acids is 1. The average Bonchev–Trinajstić information content (AvgIpc) is 2.82. The molecule has 0 aromatic rings. The topological polar surface area (TPSA) is 225 Å². The predicted molar refractivity (Wildman–Crippen MR) is 141 cm³/mol. The summed E-state index contributed by atoms with van der Waals surface area (Å²) in [6, 6.07) is -1.23. The van der Waals surface area contributed by atoms with Gasteiger partial charge in [0.05, 0.1) is 25.4 Å². The number of carbonyl (C=O) groups is 5. The summed E-state index contributed by atoms with van der Waals surface area (Å²) in [6.45, 7) is 1.79. The Hall–Kier alpha value is -2.86. The van der Waals surface area contributed by atoms with Crippen LogP contribution < -0.4 is 4.72 Å². The molecule has 1 amide bonds. The van der Waals surface area contributed by atoms with E-state index in [0.717, 1.165) is 0 Å². The Morgan fingerprint density at radius 1 is 0.725 bits per heavy atom. The fourth-order valence-electron chi connectivity index (χ4n) is 4.25. The van der Waals surface area contributed by atoms with E-state index < -0.39 is 45.8 Å². The summed E-state index contributed by atoms with van der Waals surface area (Å²) in [5.74, 6) is -5.66. The zero-order valence-corrected chi connectivity index (χ0v) is 23.6. The minimum absolute atomic E-state index is 0.0561. The van der Waals surface area contributed by atoms with Crippen molar-refractivity contribution in [3.63, 3.8) is 0 Å². The molecule has 40 heavy (non-hydrogen) atoms. The molecule has 1 fully saturated rings. The van der Waals surface area contributed by atoms with Crippen molar-refractivity contribution < 1.29 is 52.8 Å². The van der Waals surface area contributed by atoms with E-state index in [4.69, 9.17) is 0 Å². The minimum Gasteiger partial charge on any atom is -0.480 e. The van der Waals surface area contributed by atoms with Crippen molar-refractivity contribution in [2.75, 3.05) is 77.7 Å². The van der Waals surface area contributed by atoms with Crippen molar-refractivity contribution in [3.05, 3.63) is 0 Å². The average molecular weight is 596 g/mol. The SMILES string of the molecule is CCCCS(=O)(=O)NC(=O)CCC(C(=O)O)N1CCN(CC(=O)O)CCN(CC(=O)O)CCN(CC(=O)O)CC1. The first-order chi connectivity index (χ1) is 18.7. The highest BCUT2D eigenvalue weighted by Crippen LogP contribution is 2.11. The van der Waals surface area contributed by atoms with E-state index in [1.54, 1.807) is 21.6 Å². The first-order valence-electron chi connectivity index (χ1n) is 13.0. The van der Waals surface area contributed by atoms with Gasteiger partial charge in [-0.05, 0) is 12.8 Å². The number of carboxylic acid groups (broad SMARTS) is 4. The summed E-state index contributed by atoms with van der Waals surface area (Å²) >= 11 is 0. The van der Waals surface area contributed by atoms with Crippen LogP contribution in [0.5, 0.6) is 0 Å². The van der Waals surface area contributed by atoms with Gasteiger partial charge in [0.1, 0.15) is 6.04 Å². The molecule has 0 aromatic heterocycles. The van der Waals surface area contributed by atoms with Gasteiger partial charge in [-0.1, -0.05) is 13.3 Å². The summed E-state index contributed by atoms with van der Waals surface area (Å²) in [5, 5.41) is 37.8. The van der Waals surface area contributed by atoms with Crippen molar-refractivity contribution in [2.45, 2.75) is 38.6 Å². The predicted octanol–water partition coefficient (Wildman–Crippen LogP) is -2.06. The number of nitrogens with zero attached hydrogens (tertiary/aromatic N) is 4. The van der Waals surface area contributed by atoms with Crippen molar-refractivity contribution in [2.24, 2.45) is 0 Å². The maximum Gasteiger partial charge on any atom is 0.320 e. The van der Waals surface area contributed by atoms with Crippen LogP contribution in [0.2, 0.25) is 0 Å². The van der Waals surface area contributed by atoms with E-state index in [2.05, 4.69) is 0 Å². The van der Waals surface area contributed by atoms with E-state index in [-0.39, 0.29) is 90.6 Å². The number of hydrogen-bond acceptors (Lipinski definition) is 11. The van der Waals surface area contributed by atoms with Crippen molar-refractivity contribution in [3.8, 4) is 0 Å². The number of sulfonamides is 1. The lowest BCUT2D eigenvalue weighted by molar-refractivity contribution is -0.145. The summed E-state index contributed by atoms with van der Waals surface area (Å²) in [5.41, 5.74) is 0. The minimum atomic E-state index is -3.84. The Labute approximate surface area is 233 Å². The Bertz CT molecular complexity index is 946. The van der Waals surface area contributed by atoms with Gasteiger partial charge in [0.15, 0.2) is 0 Å². The fourth-order valence-corrected chi connectivity index (χ4v) is 5.47. The highest BCUT2D eigenvalue weighted by molar-refractivity contribution is 7.90. The lowest BCUT2D eigenvalue weighted by atomic mass is 10.1. The second kappa shape index (κ2) is 17.8. The largest absolute Gasteiger partial charge is 0.480 e. The van der Waals surface area contributed by atoms with Gasteiger partial charge in [-0.15, -0.1) is 0 Å². The molecule has 16 nitrogen and oxygen atoms in total. The van der Waals surface area contributed by atoms with Gasteiger partial charge in [0.25, 0.3) is 0 Å². The number of rotatable bonds is 15. The normalized spacial score (nSPS) is 18.2. The zero-order valence-electron chi connectivity index (χ0n) is 22.7. The molecule has 1 aliphatic rings. The molecule has 1 aliphatic heterocycles. The van der Waals surface area contributed by atoms with Gasteiger partial charge in [-0.2, -0.15) is 0 Å². The maximum atomic E-state index is 12.3. The number of aliphatic carboxylic acids is 4. The lowest BCUT2D eigenvalue weighted by Gasteiger charge is -2.35. The molecule has 0 saturated carbocycles. The quantitative estimate of drug-likeness (QED) is 0.137. The van der Waals surface area contributed by atoms with Crippen LogP contribution in [0.15, 0.2) is 0 Å². The third-order valence-corrected chi connectivity index (χ3v) is 7.72. The van der Waals surface area contributed by atoms with E-state index >= 15 is 0 Å². The number of amides is 1. The van der Waals surface area contributed by atoms with Crippen LogP contribution in [0.25, 0.3) is 0 Å². The van der Waals surface area contributed by atoms with E-state index in [0.29, 0.717) is 12.8 Å². The Morgan fingerprint density at radius 3 is 1.48 bits per heavy atom. The second-order valence-corrected chi connectivity index (χ2v) is 11.5. The highest BCUT2D eigenvalue weighted by Gasteiger charge is 2.29. The fraction of sp³-hybridized carbons (Fsp3) is 0.783. The first-order valence-corrected chi connectivity index (χ1v) is 14.7. The standard InChI is InChI=1S/C23H41N5O11S/c1-2-3-14-40(38,39)24-19(29)5-4-18(23(36)37)28-12-10-26(16-21(32)33)8-6-25(15-20(30)31)7-9-27(11-13-28)17-22(34)35/h18H,2-17H2,1H3,(H,24,29)(H,30,31)(H,32,33)(H,34,35)(H,36,37). The van der Waals surface area contributed by atoms with Crippen LogP contribution in [-0.2, 0) is 34.0 Å². The monoisotopic (exact) mass is 595 g/mol. The molecular weight excluding hydrogens is 554 g/mol. The molecular formula is C23H41N5O11S. The smallest absolute Gasteiger partial charge is 0.320 e. The number of carboxylic acids is 4. The first kappa shape index (κ1) is 35.2. The number of nitrogens with one attached hydrogen (secondary N) is 1. The van der Waals surface area contributed by atoms with Crippen molar-refractivity contribution in [1.29, 1.82) is 0 Å². The summed E-state index contributed by atoms with van der Waals surface area (Å²) in [6.07, 6.45) is 0.359. The third-order valence-electron chi connectivity index (χ3n) is 6.36. The Balaban J connectivity index is 3.10. The van der Waals surface area contributed by atoms with Crippen LogP contribution in [0.3, 0.4) is 0 Å². The van der Waals surface area contributed by atoms with E-state index in [1.165, 1.54) is 4.90 Å². The molecule has 1 rings (SSSR count).